The van der Waals surface area contributed by atoms with E-state index in [-0.39, 0.29) is 0 Å². The zero-order valence-electron chi connectivity index (χ0n) is 32.0. The van der Waals surface area contributed by atoms with Gasteiger partial charge in [0.2, 0.25) is 0 Å². The molecule has 0 amide bonds. The van der Waals surface area contributed by atoms with Gasteiger partial charge in [-0.3, -0.25) is 0 Å². The maximum atomic E-state index is 6.73. The van der Waals surface area contributed by atoms with E-state index in [1.807, 2.05) is 24.3 Å². The second kappa shape index (κ2) is 14.5. The Hall–Kier alpha value is -7.95. The van der Waals surface area contributed by atoms with Gasteiger partial charge in [-0.1, -0.05) is 200 Å². The van der Waals surface area contributed by atoms with Crippen molar-refractivity contribution in [2.24, 2.45) is 0 Å². The number of aromatic nitrogens is 3. The Morgan fingerprint density at radius 3 is 1.37 bits per heavy atom. The molecule has 11 aromatic rings. The van der Waals surface area contributed by atoms with Crippen LogP contribution in [0.15, 0.2) is 217 Å². The highest BCUT2D eigenvalue weighted by Gasteiger charge is 2.20. The molecule has 2 aromatic heterocycles. The summed E-state index contributed by atoms with van der Waals surface area (Å²) < 4.78 is 6.73. The number of benzene rings is 9. The van der Waals surface area contributed by atoms with Gasteiger partial charge < -0.3 is 4.42 Å². The molecule has 276 valence electrons. The molecule has 2 heterocycles. The third kappa shape index (κ3) is 6.43. The maximum absolute atomic E-state index is 6.73. The molecule has 11 rings (SSSR count). The molecule has 4 nitrogen and oxygen atoms in total. The van der Waals surface area contributed by atoms with E-state index in [9.17, 15) is 0 Å². The second-order valence-electron chi connectivity index (χ2n) is 14.8. The highest BCUT2D eigenvalue weighted by molar-refractivity contribution is 6.15. The van der Waals surface area contributed by atoms with Gasteiger partial charge in [-0.2, -0.15) is 0 Å². The molecule has 0 aliphatic heterocycles. The Balaban J connectivity index is 1.02. The number of hydrogen-bond acceptors (Lipinski definition) is 4. The molecular weight excluding hydrogens is 719 g/mol. The minimum absolute atomic E-state index is 0.586. The van der Waals surface area contributed by atoms with Crippen molar-refractivity contribution >= 4 is 32.7 Å². The fraction of sp³-hybridized carbons (Fsp3) is 0. The lowest BCUT2D eigenvalue weighted by atomic mass is 9.97. The van der Waals surface area contributed by atoms with Crippen molar-refractivity contribution in [2.75, 3.05) is 0 Å². The predicted octanol–water partition coefficient (Wildman–Crippen LogP) is 14.6. The quantitative estimate of drug-likeness (QED) is 0.163. The van der Waals surface area contributed by atoms with Gasteiger partial charge >= 0.3 is 0 Å². The summed E-state index contributed by atoms with van der Waals surface area (Å²) >= 11 is 0. The molecular formula is C55H35N3O. The molecule has 0 unspecified atom stereocenters. The van der Waals surface area contributed by atoms with Gasteiger partial charge in [0.25, 0.3) is 0 Å². The Morgan fingerprint density at radius 1 is 0.288 bits per heavy atom. The molecule has 4 heteroatoms. The van der Waals surface area contributed by atoms with Crippen LogP contribution >= 0.6 is 0 Å². The summed E-state index contributed by atoms with van der Waals surface area (Å²) in [5.41, 5.74) is 13.4. The van der Waals surface area contributed by atoms with Gasteiger partial charge in [-0.05, 0) is 61.8 Å². The zero-order chi connectivity index (χ0) is 39.1. The lowest BCUT2D eigenvalue weighted by molar-refractivity contribution is 0.670. The van der Waals surface area contributed by atoms with Crippen molar-refractivity contribution in [3.8, 4) is 78.7 Å². The van der Waals surface area contributed by atoms with Gasteiger partial charge in [0.05, 0.1) is 0 Å². The Morgan fingerprint density at radius 2 is 0.746 bits per heavy atom. The van der Waals surface area contributed by atoms with Crippen LogP contribution in [0.3, 0.4) is 0 Å². The van der Waals surface area contributed by atoms with Gasteiger partial charge in [-0.25, -0.2) is 15.0 Å². The van der Waals surface area contributed by atoms with Crippen LogP contribution in [0.25, 0.3) is 111 Å². The van der Waals surface area contributed by atoms with Crippen LogP contribution in [-0.2, 0) is 0 Å². The molecule has 0 aliphatic rings. The normalized spacial score (nSPS) is 11.4. The van der Waals surface area contributed by atoms with Crippen molar-refractivity contribution in [2.45, 2.75) is 0 Å². The summed E-state index contributed by atoms with van der Waals surface area (Å²) in [5.74, 6) is 1.80. The van der Waals surface area contributed by atoms with E-state index < -0.39 is 0 Å². The number of rotatable bonds is 7. The lowest BCUT2D eigenvalue weighted by Crippen LogP contribution is -2.00. The molecule has 0 fully saturated rings. The molecule has 0 aliphatic carbocycles. The van der Waals surface area contributed by atoms with Crippen molar-refractivity contribution in [3.63, 3.8) is 0 Å². The van der Waals surface area contributed by atoms with Crippen LogP contribution in [0.4, 0.5) is 0 Å². The second-order valence-corrected chi connectivity index (χ2v) is 14.8. The monoisotopic (exact) mass is 753 g/mol. The molecule has 0 atom stereocenters. The molecule has 9 aromatic carbocycles. The number of nitrogens with zero attached hydrogens (tertiary/aromatic N) is 3. The average molecular weight is 754 g/mol. The fourth-order valence-corrected chi connectivity index (χ4v) is 8.11. The number of fused-ring (bicyclic) bond motifs is 4. The SMILES string of the molecule is c1ccc(-c2ccc(-c3nc(-c4ccc(-c5ccccc5)cc4)nc(-c4cccc5oc6c(-c7ccc(-c8ccc9ccccc9c8)cc7)cccc6c45)n3)cc2)cc1. The number of furan rings is 1. The molecule has 0 N–H and O–H groups in total. The Bertz CT molecular complexity index is 3180. The molecule has 0 saturated heterocycles. The number of para-hydroxylation sites is 1. The Labute approximate surface area is 341 Å². The first-order valence-corrected chi connectivity index (χ1v) is 19.8. The minimum Gasteiger partial charge on any atom is -0.455 e. The van der Waals surface area contributed by atoms with Gasteiger partial charge in [0, 0.05) is 33.0 Å². The summed E-state index contributed by atoms with van der Waals surface area (Å²) in [6, 6.07) is 74.0. The van der Waals surface area contributed by atoms with Crippen LogP contribution in [0.1, 0.15) is 0 Å². The molecule has 59 heavy (non-hydrogen) atoms. The van der Waals surface area contributed by atoms with E-state index in [4.69, 9.17) is 19.4 Å². The van der Waals surface area contributed by atoms with Crippen molar-refractivity contribution < 1.29 is 4.42 Å². The first-order valence-electron chi connectivity index (χ1n) is 19.8. The first kappa shape index (κ1) is 34.3. The van der Waals surface area contributed by atoms with Crippen LogP contribution < -0.4 is 0 Å². The van der Waals surface area contributed by atoms with Gasteiger partial charge in [-0.15, -0.1) is 0 Å². The molecule has 0 spiro atoms. The summed E-state index contributed by atoms with van der Waals surface area (Å²) in [5, 5.41) is 4.45. The van der Waals surface area contributed by atoms with Crippen LogP contribution in [0.2, 0.25) is 0 Å². The third-order valence-corrected chi connectivity index (χ3v) is 11.2. The molecule has 0 saturated carbocycles. The topological polar surface area (TPSA) is 51.8 Å². The number of hydrogen-bond donors (Lipinski definition) is 0. The summed E-state index contributed by atoms with van der Waals surface area (Å²) in [4.78, 5) is 15.4. The van der Waals surface area contributed by atoms with Gasteiger partial charge in [0.1, 0.15) is 11.2 Å². The van der Waals surface area contributed by atoms with E-state index in [0.717, 1.165) is 72.0 Å². The predicted molar refractivity (Wildman–Crippen MR) is 243 cm³/mol. The van der Waals surface area contributed by atoms with E-state index in [0.29, 0.717) is 17.5 Å². The first-order chi connectivity index (χ1) is 29.2. The van der Waals surface area contributed by atoms with Crippen LogP contribution in [-0.4, -0.2) is 15.0 Å². The molecule has 0 bridgehead atoms. The van der Waals surface area contributed by atoms with Crippen LogP contribution in [0.5, 0.6) is 0 Å². The van der Waals surface area contributed by atoms with Gasteiger partial charge in [0.15, 0.2) is 17.5 Å². The van der Waals surface area contributed by atoms with E-state index in [1.54, 1.807) is 0 Å². The maximum Gasteiger partial charge on any atom is 0.164 e. The third-order valence-electron chi connectivity index (χ3n) is 11.2. The van der Waals surface area contributed by atoms with E-state index >= 15 is 0 Å². The largest absolute Gasteiger partial charge is 0.455 e. The smallest absolute Gasteiger partial charge is 0.164 e. The van der Waals surface area contributed by atoms with Crippen molar-refractivity contribution in [1.82, 2.24) is 15.0 Å². The Kier molecular flexibility index (Phi) is 8.45. The standard InChI is InChI=1S/C55H35N3O/c1-3-11-36(12-4-1)39-23-30-43(31-24-39)53-56-54(44-32-25-40(26-33-44)37-13-5-2-6-14-37)58-55(57-53)49-19-10-20-50-51(49)48-18-9-17-47(52(48)59-50)42-28-21-41(22-29-42)46-34-27-38-15-7-8-16-45(38)35-46/h1-35H. The zero-order valence-corrected chi connectivity index (χ0v) is 32.0. The average Bonchev–Trinajstić information content (AvgIpc) is 3.71. The highest BCUT2D eigenvalue weighted by Crippen LogP contribution is 2.41. The van der Waals surface area contributed by atoms with Crippen molar-refractivity contribution in [3.05, 3.63) is 212 Å². The molecule has 0 radical (unpaired) electrons. The van der Waals surface area contributed by atoms with Crippen LogP contribution in [0, 0.1) is 0 Å². The van der Waals surface area contributed by atoms with Crippen molar-refractivity contribution in [1.29, 1.82) is 0 Å². The summed E-state index contributed by atoms with van der Waals surface area (Å²) in [6.45, 7) is 0. The summed E-state index contributed by atoms with van der Waals surface area (Å²) in [6.07, 6.45) is 0. The minimum atomic E-state index is 0.586. The highest BCUT2D eigenvalue weighted by atomic mass is 16.3. The van der Waals surface area contributed by atoms with E-state index in [1.165, 1.54) is 21.9 Å². The van der Waals surface area contributed by atoms with E-state index in [2.05, 4.69) is 188 Å². The fourth-order valence-electron chi connectivity index (χ4n) is 8.11. The lowest BCUT2D eigenvalue weighted by Gasteiger charge is -2.10. The summed E-state index contributed by atoms with van der Waals surface area (Å²) in [7, 11) is 0.